The lowest BCUT2D eigenvalue weighted by Crippen LogP contribution is -2.28. The van der Waals surface area contributed by atoms with E-state index in [0.29, 0.717) is 33.2 Å². The van der Waals surface area contributed by atoms with Gasteiger partial charge in [-0.2, -0.15) is 13.2 Å². The summed E-state index contributed by atoms with van der Waals surface area (Å²) in [6.45, 7) is 1.80. The molecular formula is C26H19ClF3N3O2. The van der Waals surface area contributed by atoms with Crippen molar-refractivity contribution < 1.29 is 22.8 Å². The van der Waals surface area contributed by atoms with Gasteiger partial charge in [-0.05, 0) is 48.4 Å². The van der Waals surface area contributed by atoms with Crippen LogP contribution in [-0.2, 0) is 22.2 Å². The monoisotopic (exact) mass is 497 g/mol. The van der Waals surface area contributed by atoms with E-state index in [2.05, 4.69) is 15.6 Å². The number of halogens is 4. The number of rotatable bonds is 3. The van der Waals surface area contributed by atoms with E-state index < -0.39 is 23.7 Å². The molecule has 2 N–H and O–H groups in total. The first-order valence-electron chi connectivity index (χ1n) is 10.9. The number of hydrogen-bond donors (Lipinski definition) is 2. The highest BCUT2D eigenvalue weighted by molar-refractivity contribution is 6.32. The zero-order chi connectivity index (χ0) is 24.9. The summed E-state index contributed by atoms with van der Waals surface area (Å²) in [5.74, 6) is -0.947. The van der Waals surface area contributed by atoms with Crippen LogP contribution >= 0.6 is 11.6 Å². The van der Waals surface area contributed by atoms with Gasteiger partial charge >= 0.3 is 6.18 Å². The molecule has 3 aromatic carbocycles. The lowest BCUT2D eigenvalue weighted by molar-refractivity contribution is -0.138. The van der Waals surface area contributed by atoms with Crippen molar-refractivity contribution in [2.24, 2.45) is 4.99 Å². The van der Waals surface area contributed by atoms with Crippen LogP contribution < -0.4 is 10.6 Å². The summed E-state index contributed by atoms with van der Waals surface area (Å²) in [6, 6.07) is 14.3. The number of benzene rings is 3. The molecule has 3 aromatic rings. The summed E-state index contributed by atoms with van der Waals surface area (Å²) >= 11 is 6.24. The Morgan fingerprint density at radius 1 is 0.943 bits per heavy atom. The average molecular weight is 498 g/mol. The molecule has 0 fully saturated rings. The zero-order valence-corrected chi connectivity index (χ0v) is 19.2. The van der Waals surface area contributed by atoms with Gasteiger partial charge in [0.25, 0.3) is 0 Å². The molecule has 2 heterocycles. The van der Waals surface area contributed by atoms with Crippen molar-refractivity contribution in [1.29, 1.82) is 0 Å². The minimum Gasteiger partial charge on any atom is -0.325 e. The van der Waals surface area contributed by atoms with Gasteiger partial charge in [0.2, 0.25) is 11.8 Å². The Hall–Kier alpha value is -3.65. The molecule has 178 valence electrons. The number of anilines is 2. The molecule has 0 radical (unpaired) electrons. The fourth-order valence-corrected chi connectivity index (χ4v) is 4.62. The number of fused-ring (bicyclic) bond motifs is 2. The third kappa shape index (κ3) is 4.30. The van der Waals surface area contributed by atoms with Crippen LogP contribution in [0.5, 0.6) is 0 Å². The number of hydrogen-bond acceptors (Lipinski definition) is 3. The van der Waals surface area contributed by atoms with Crippen LogP contribution in [-0.4, -0.2) is 23.6 Å². The van der Waals surface area contributed by atoms with Crippen molar-refractivity contribution in [3.05, 3.63) is 93.5 Å². The smallest absolute Gasteiger partial charge is 0.325 e. The molecule has 0 aliphatic carbocycles. The molecule has 5 rings (SSSR count). The number of carbonyl (C=O) groups is 2. The average Bonchev–Trinajstić information content (AvgIpc) is 3.02. The van der Waals surface area contributed by atoms with E-state index in [1.807, 2.05) is 6.07 Å². The Bertz CT molecular complexity index is 1400. The summed E-state index contributed by atoms with van der Waals surface area (Å²) in [6.07, 6.45) is -4.80. The SMILES string of the molecule is CC1C(=O)Nc2cc(C3=NC(Cc4ccccc4C(F)(F)F)C(=O)Nc4ccc(Cl)cc43)ccc21. The molecule has 2 amide bonds. The Morgan fingerprint density at radius 3 is 2.46 bits per heavy atom. The van der Waals surface area contributed by atoms with Crippen molar-refractivity contribution >= 4 is 40.5 Å². The van der Waals surface area contributed by atoms with Gasteiger partial charge in [0.05, 0.1) is 22.9 Å². The maximum Gasteiger partial charge on any atom is 0.416 e. The van der Waals surface area contributed by atoms with E-state index in [4.69, 9.17) is 11.6 Å². The molecule has 2 unspecified atom stereocenters. The van der Waals surface area contributed by atoms with Crippen molar-refractivity contribution in [3.63, 3.8) is 0 Å². The number of benzodiazepines with no additional fused rings is 1. The Kier molecular flexibility index (Phi) is 5.63. The quantitative estimate of drug-likeness (QED) is 0.479. The number of nitrogens with one attached hydrogen (secondary N) is 2. The highest BCUT2D eigenvalue weighted by atomic mass is 35.5. The molecule has 35 heavy (non-hydrogen) atoms. The van der Waals surface area contributed by atoms with E-state index in [-0.39, 0.29) is 23.8 Å². The van der Waals surface area contributed by atoms with E-state index in [1.54, 1.807) is 37.3 Å². The Morgan fingerprint density at radius 2 is 1.69 bits per heavy atom. The second-order valence-corrected chi connectivity index (χ2v) is 8.98. The van der Waals surface area contributed by atoms with Gasteiger partial charge < -0.3 is 10.6 Å². The fourth-order valence-electron chi connectivity index (χ4n) is 4.44. The van der Waals surface area contributed by atoms with Crippen LogP contribution in [0.1, 0.15) is 40.7 Å². The lowest BCUT2D eigenvalue weighted by Gasteiger charge is -2.16. The third-order valence-corrected chi connectivity index (χ3v) is 6.50. The summed E-state index contributed by atoms with van der Waals surface area (Å²) in [5.41, 5.74) is 2.63. The summed E-state index contributed by atoms with van der Waals surface area (Å²) in [7, 11) is 0. The summed E-state index contributed by atoms with van der Waals surface area (Å²) < 4.78 is 40.8. The number of aliphatic imine (C=N–C) groups is 1. The summed E-state index contributed by atoms with van der Waals surface area (Å²) in [5, 5.41) is 6.03. The Labute approximate surface area is 204 Å². The molecule has 9 heteroatoms. The van der Waals surface area contributed by atoms with Gasteiger partial charge in [-0.25, -0.2) is 0 Å². The largest absolute Gasteiger partial charge is 0.416 e. The molecule has 0 spiro atoms. The first-order valence-corrected chi connectivity index (χ1v) is 11.3. The molecule has 0 saturated carbocycles. The second kappa shape index (κ2) is 8.53. The van der Waals surface area contributed by atoms with Crippen molar-refractivity contribution in [1.82, 2.24) is 0 Å². The van der Waals surface area contributed by atoms with Crippen LogP contribution in [0, 0.1) is 0 Å². The predicted molar refractivity (Wildman–Crippen MR) is 128 cm³/mol. The fraction of sp³-hybridized carbons (Fsp3) is 0.192. The van der Waals surface area contributed by atoms with Gasteiger partial charge in [-0.15, -0.1) is 0 Å². The van der Waals surface area contributed by atoms with E-state index >= 15 is 0 Å². The maximum atomic E-state index is 13.6. The van der Waals surface area contributed by atoms with Crippen LogP contribution in [0.4, 0.5) is 24.5 Å². The van der Waals surface area contributed by atoms with E-state index in [1.165, 1.54) is 18.2 Å². The van der Waals surface area contributed by atoms with E-state index in [9.17, 15) is 22.8 Å². The topological polar surface area (TPSA) is 70.6 Å². The number of amides is 2. The van der Waals surface area contributed by atoms with Crippen LogP contribution in [0.2, 0.25) is 5.02 Å². The molecule has 2 aliphatic heterocycles. The maximum absolute atomic E-state index is 13.6. The van der Waals surface area contributed by atoms with Gasteiger partial charge in [0, 0.05) is 28.3 Å². The molecule has 0 saturated heterocycles. The molecule has 2 aliphatic rings. The second-order valence-electron chi connectivity index (χ2n) is 8.54. The minimum absolute atomic E-state index is 0.0257. The highest BCUT2D eigenvalue weighted by Crippen LogP contribution is 2.36. The molecule has 5 nitrogen and oxygen atoms in total. The standard InChI is InChI=1S/C26H19ClF3N3O2/c1-13-17-8-6-15(11-21(17)33-24(13)34)23-18-12-16(27)7-9-20(18)32-25(35)22(31-23)10-14-4-2-3-5-19(14)26(28,29)30/h2-9,11-13,22H,10H2,1H3,(H,32,35)(H,33,34). The van der Waals surface area contributed by atoms with Gasteiger partial charge in [0.15, 0.2) is 0 Å². The first kappa shape index (κ1) is 23.1. The predicted octanol–water partition coefficient (Wildman–Crippen LogP) is 5.82. The summed E-state index contributed by atoms with van der Waals surface area (Å²) in [4.78, 5) is 29.9. The first-order chi connectivity index (χ1) is 16.6. The highest BCUT2D eigenvalue weighted by Gasteiger charge is 2.35. The third-order valence-electron chi connectivity index (χ3n) is 6.26. The van der Waals surface area contributed by atoms with Crippen molar-refractivity contribution in [2.75, 3.05) is 10.6 Å². The van der Waals surface area contributed by atoms with Crippen molar-refractivity contribution in [3.8, 4) is 0 Å². The number of nitrogens with zero attached hydrogens (tertiary/aromatic N) is 1. The van der Waals surface area contributed by atoms with Gasteiger partial charge in [0.1, 0.15) is 6.04 Å². The van der Waals surface area contributed by atoms with E-state index in [0.717, 1.165) is 11.6 Å². The number of carbonyl (C=O) groups excluding carboxylic acids is 2. The normalized spacial score (nSPS) is 19.3. The zero-order valence-electron chi connectivity index (χ0n) is 18.4. The lowest BCUT2D eigenvalue weighted by atomic mass is 9.96. The molecule has 0 aromatic heterocycles. The van der Waals surface area contributed by atoms with Gasteiger partial charge in [-0.1, -0.05) is 41.9 Å². The molecule has 0 bridgehead atoms. The minimum atomic E-state index is -4.56. The van der Waals surface area contributed by atoms with Crippen LogP contribution in [0.15, 0.2) is 65.7 Å². The molecule has 2 atom stereocenters. The van der Waals surface area contributed by atoms with Crippen LogP contribution in [0.3, 0.4) is 0 Å². The van der Waals surface area contributed by atoms with Crippen LogP contribution in [0.25, 0.3) is 0 Å². The molecular weight excluding hydrogens is 479 g/mol. The number of alkyl halides is 3. The Balaban J connectivity index is 1.63. The van der Waals surface area contributed by atoms with Crippen molar-refractivity contribution in [2.45, 2.75) is 31.5 Å². The van der Waals surface area contributed by atoms with Gasteiger partial charge in [-0.3, -0.25) is 14.6 Å².